The minimum atomic E-state index is -0.763. The molecule has 0 aromatic heterocycles. The van der Waals surface area contributed by atoms with Gasteiger partial charge in [0.15, 0.2) is 5.78 Å². The average Bonchev–Trinajstić information content (AvgIpc) is 3.11. The summed E-state index contributed by atoms with van der Waals surface area (Å²) in [4.78, 5) is 63.5. The van der Waals surface area contributed by atoms with Crippen molar-refractivity contribution in [2.45, 2.75) is 26.9 Å². The van der Waals surface area contributed by atoms with Gasteiger partial charge in [0.05, 0.1) is 17.4 Å². The number of nitrogens with zero attached hydrogens (tertiary/aromatic N) is 1. The molecule has 1 aliphatic rings. The first-order chi connectivity index (χ1) is 18.5. The molecule has 0 spiro atoms. The van der Waals surface area contributed by atoms with Crippen molar-refractivity contribution >= 4 is 58.1 Å². The summed E-state index contributed by atoms with van der Waals surface area (Å²) in [5.74, 6) is -2.58. The van der Waals surface area contributed by atoms with Crippen LogP contribution in [0.5, 0.6) is 0 Å². The Kier molecular flexibility index (Phi) is 7.92. The van der Waals surface area contributed by atoms with Gasteiger partial charge in [0.2, 0.25) is 0 Å². The molecule has 0 radical (unpaired) electrons. The Labute approximate surface area is 229 Å². The van der Waals surface area contributed by atoms with Crippen molar-refractivity contribution < 1.29 is 28.7 Å². The highest BCUT2D eigenvalue weighted by Crippen LogP contribution is 2.31. The lowest BCUT2D eigenvalue weighted by molar-refractivity contribution is -0.120. The van der Waals surface area contributed by atoms with Gasteiger partial charge in [0, 0.05) is 22.5 Å². The fourth-order valence-electron chi connectivity index (χ4n) is 3.77. The number of ether oxygens (including phenoxy) is 1. The highest BCUT2D eigenvalue weighted by atomic mass is 35.5. The molecule has 9 nitrogen and oxygen atoms in total. The van der Waals surface area contributed by atoms with Crippen molar-refractivity contribution in [2.24, 2.45) is 0 Å². The van der Waals surface area contributed by atoms with E-state index in [4.69, 9.17) is 16.3 Å². The van der Waals surface area contributed by atoms with Crippen molar-refractivity contribution in [3.8, 4) is 0 Å². The summed E-state index contributed by atoms with van der Waals surface area (Å²) in [5, 5.41) is 5.24. The molecule has 0 aliphatic carbocycles. The molecule has 1 aliphatic heterocycles. The molecule has 39 heavy (non-hydrogen) atoms. The fourth-order valence-corrected chi connectivity index (χ4v) is 3.99. The molecule has 1 heterocycles. The molecule has 0 bridgehead atoms. The summed E-state index contributed by atoms with van der Waals surface area (Å²) >= 11 is 6.24. The van der Waals surface area contributed by atoms with Crippen LogP contribution >= 0.6 is 11.6 Å². The predicted octanol–water partition coefficient (Wildman–Crippen LogP) is 5.14. The minimum absolute atomic E-state index is 0.0838. The van der Waals surface area contributed by atoms with E-state index in [9.17, 15) is 24.0 Å². The number of rotatable bonds is 8. The summed E-state index contributed by atoms with van der Waals surface area (Å²) < 4.78 is 5.19. The number of nitrogens with one attached hydrogen (secondary N) is 2. The third-order valence-electron chi connectivity index (χ3n) is 5.65. The van der Waals surface area contributed by atoms with Gasteiger partial charge in [-0.05, 0) is 81.4 Å². The number of hydrogen-bond acceptors (Lipinski definition) is 7. The number of Topliss-reactive ketones (excluding diaryl/α,β-unsaturated/α-hetero) is 1. The third kappa shape index (κ3) is 6.05. The number of carbonyl (C=O) groups is 5. The first-order valence-electron chi connectivity index (χ1n) is 11.9. The first kappa shape index (κ1) is 27.3. The summed E-state index contributed by atoms with van der Waals surface area (Å²) in [6.45, 7) is 4.88. The Morgan fingerprint density at radius 2 is 1.49 bits per heavy atom. The molecule has 3 aromatic carbocycles. The number of halogens is 1. The molecule has 0 unspecified atom stereocenters. The molecule has 0 fully saturated rings. The number of imide groups is 1. The zero-order chi connectivity index (χ0) is 28.3. The lowest BCUT2D eigenvalue weighted by atomic mass is 10.1. The average molecular weight is 546 g/mol. The molecule has 3 aromatic rings. The highest BCUT2D eigenvalue weighted by molar-refractivity contribution is 6.53. The van der Waals surface area contributed by atoms with E-state index < -0.39 is 23.7 Å². The van der Waals surface area contributed by atoms with Gasteiger partial charge in [-0.2, -0.15) is 0 Å². The van der Waals surface area contributed by atoms with Crippen molar-refractivity contribution in [3.63, 3.8) is 0 Å². The smallest absolute Gasteiger partial charge is 0.338 e. The van der Waals surface area contributed by atoms with Crippen LogP contribution in [0.4, 0.5) is 17.1 Å². The molecule has 3 amide bonds. The van der Waals surface area contributed by atoms with E-state index in [1.54, 1.807) is 56.3 Å². The summed E-state index contributed by atoms with van der Waals surface area (Å²) in [5.41, 5.74) is 1.81. The summed E-state index contributed by atoms with van der Waals surface area (Å²) in [6.07, 6.45) is -0.340. The molecule has 198 valence electrons. The molecule has 0 saturated heterocycles. The Balaban J connectivity index is 1.51. The van der Waals surface area contributed by atoms with Crippen LogP contribution in [-0.4, -0.2) is 35.6 Å². The number of anilines is 3. The molecule has 10 heteroatoms. The van der Waals surface area contributed by atoms with Crippen LogP contribution in [0, 0.1) is 0 Å². The zero-order valence-electron chi connectivity index (χ0n) is 21.3. The van der Waals surface area contributed by atoms with E-state index in [-0.39, 0.29) is 39.4 Å². The molecule has 0 saturated carbocycles. The highest BCUT2D eigenvalue weighted by Gasteiger charge is 2.39. The Hall–Kier alpha value is -4.76. The van der Waals surface area contributed by atoms with E-state index in [1.807, 2.05) is 0 Å². The van der Waals surface area contributed by atoms with Crippen LogP contribution in [0.15, 0.2) is 83.5 Å². The number of hydrogen-bond donors (Lipinski definition) is 2. The lowest BCUT2D eigenvalue weighted by Crippen LogP contribution is -2.32. The minimum Gasteiger partial charge on any atom is -0.459 e. The van der Waals surface area contributed by atoms with Gasteiger partial charge < -0.3 is 15.4 Å². The van der Waals surface area contributed by atoms with Crippen molar-refractivity contribution in [2.75, 3.05) is 15.5 Å². The normalized spacial score (nSPS) is 13.1. The van der Waals surface area contributed by atoms with Gasteiger partial charge >= 0.3 is 5.97 Å². The SMILES string of the molecule is CC(=O)c1ccc(NC(=O)c2cccc(NC3=C(Cl)C(=O)N(c4cccc(C(=O)OC(C)C)c4)C3=O)c2)cc1. The topological polar surface area (TPSA) is 122 Å². The second-order valence-electron chi connectivity index (χ2n) is 8.93. The Morgan fingerprint density at radius 1 is 0.821 bits per heavy atom. The van der Waals surface area contributed by atoms with Crippen LogP contribution in [0.1, 0.15) is 51.8 Å². The standard InChI is InChI=1S/C29H24ClN3O6/c1-16(2)39-29(38)20-7-5-9-23(15-20)33-27(36)24(30)25(28(33)37)31-22-8-4-6-19(14-22)26(35)32-21-12-10-18(11-13-21)17(3)34/h4-16,31H,1-3H3,(H,32,35). The van der Waals surface area contributed by atoms with E-state index in [0.29, 0.717) is 16.9 Å². The van der Waals surface area contributed by atoms with Crippen molar-refractivity contribution in [1.29, 1.82) is 0 Å². The molecule has 0 atom stereocenters. The maximum atomic E-state index is 13.2. The van der Waals surface area contributed by atoms with Crippen LogP contribution < -0.4 is 15.5 Å². The van der Waals surface area contributed by atoms with Gasteiger partial charge in [-0.3, -0.25) is 19.2 Å². The summed E-state index contributed by atoms with van der Waals surface area (Å²) in [7, 11) is 0. The molecule has 4 rings (SSSR count). The fraction of sp³-hybridized carbons (Fsp3) is 0.138. The monoisotopic (exact) mass is 545 g/mol. The Bertz CT molecular complexity index is 1530. The quantitative estimate of drug-likeness (QED) is 0.228. The van der Waals surface area contributed by atoms with Crippen molar-refractivity contribution in [3.05, 3.63) is 100 Å². The van der Waals surface area contributed by atoms with E-state index in [2.05, 4.69) is 10.6 Å². The lowest BCUT2D eigenvalue weighted by Gasteiger charge is -2.16. The van der Waals surface area contributed by atoms with E-state index in [0.717, 1.165) is 4.90 Å². The van der Waals surface area contributed by atoms with Crippen LogP contribution in [0.2, 0.25) is 0 Å². The van der Waals surface area contributed by atoms with Crippen LogP contribution in [-0.2, 0) is 14.3 Å². The Morgan fingerprint density at radius 3 is 2.15 bits per heavy atom. The van der Waals surface area contributed by atoms with Gasteiger partial charge in [-0.15, -0.1) is 0 Å². The maximum Gasteiger partial charge on any atom is 0.338 e. The van der Waals surface area contributed by atoms with Gasteiger partial charge in [0.25, 0.3) is 17.7 Å². The van der Waals surface area contributed by atoms with Crippen molar-refractivity contribution in [1.82, 2.24) is 0 Å². The number of esters is 1. The van der Waals surface area contributed by atoms with Gasteiger partial charge in [-0.1, -0.05) is 23.7 Å². The van der Waals surface area contributed by atoms with E-state index in [1.165, 1.54) is 37.3 Å². The zero-order valence-corrected chi connectivity index (χ0v) is 22.0. The maximum absolute atomic E-state index is 13.2. The van der Waals surface area contributed by atoms with E-state index >= 15 is 0 Å². The van der Waals surface area contributed by atoms with Crippen LogP contribution in [0.3, 0.4) is 0 Å². The number of ketones is 1. The number of carbonyl (C=O) groups excluding carboxylic acids is 5. The third-order valence-corrected chi connectivity index (χ3v) is 6.00. The van der Waals surface area contributed by atoms with Gasteiger partial charge in [0.1, 0.15) is 10.7 Å². The predicted molar refractivity (Wildman–Crippen MR) is 147 cm³/mol. The first-order valence-corrected chi connectivity index (χ1v) is 12.3. The number of benzene rings is 3. The number of amides is 3. The van der Waals surface area contributed by atoms with Gasteiger partial charge in [-0.25, -0.2) is 9.69 Å². The molecular formula is C29H24ClN3O6. The van der Waals surface area contributed by atoms with Crippen LogP contribution in [0.25, 0.3) is 0 Å². The molecular weight excluding hydrogens is 522 g/mol. The molecule has 2 N–H and O–H groups in total. The summed E-state index contributed by atoms with van der Waals surface area (Å²) in [6, 6.07) is 18.7. The second-order valence-corrected chi connectivity index (χ2v) is 9.31. The largest absolute Gasteiger partial charge is 0.459 e. The second kappa shape index (κ2) is 11.3.